The van der Waals surface area contributed by atoms with E-state index in [4.69, 9.17) is 5.11 Å². The molecule has 9 heavy (non-hydrogen) atoms. The molecule has 0 bridgehead atoms. The fourth-order valence-electron chi connectivity index (χ4n) is 0.362. The first kappa shape index (κ1) is 16.7. The predicted octanol–water partition coefficient (Wildman–Crippen LogP) is 2.38. The van der Waals surface area contributed by atoms with Gasteiger partial charge >= 0.3 is 0 Å². The normalized spacial score (nSPS) is 6.67. The maximum absolute atomic E-state index is 8.20. The number of aliphatic hydroxyl groups is 1. The van der Waals surface area contributed by atoms with E-state index in [0.717, 1.165) is 12.8 Å². The molecule has 0 unspecified atom stereocenters. The van der Waals surface area contributed by atoms with Crippen LogP contribution in [0.4, 0.5) is 0 Å². The summed E-state index contributed by atoms with van der Waals surface area (Å²) in [4.78, 5) is 3.22. The third-order valence-electron chi connectivity index (χ3n) is 0.762. The van der Waals surface area contributed by atoms with Crippen molar-refractivity contribution in [3.8, 4) is 0 Å². The molecular formula is C6H14IOZn-. The monoisotopic (exact) mass is 293 g/mol. The molecule has 0 amide bonds. The van der Waals surface area contributed by atoms with Crippen molar-refractivity contribution in [2.45, 2.75) is 26.2 Å². The number of hydrogen-bond acceptors (Lipinski definition) is 1. The zero-order chi connectivity index (χ0) is 6.83. The van der Waals surface area contributed by atoms with Crippen molar-refractivity contribution in [2.75, 3.05) is 6.61 Å². The smallest absolute Gasteiger partial charge is 0.0431 e. The molecule has 0 spiro atoms. The molecule has 54 valence electrons. The van der Waals surface area contributed by atoms with E-state index in [1.165, 1.54) is 6.42 Å². The third-order valence-corrected chi connectivity index (χ3v) is 0.762. The number of unbranched alkanes of at least 4 members (excludes halogenated alkanes) is 2. The molecule has 0 aromatic carbocycles. The Kier molecular flexibility index (Phi) is 42.4. The molecule has 0 radical (unpaired) electrons. The van der Waals surface area contributed by atoms with Gasteiger partial charge in [0.2, 0.25) is 0 Å². The van der Waals surface area contributed by atoms with Gasteiger partial charge in [-0.25, -0.2) is 0 Å². The van der Waals surface area contributed by atoms with Crippen LogP contribution in [0.3, 0.4) is 0 Å². The van der Waals surface area contributed by atoms with Crippen molar-refractivity contribution in [1.82, 2.24) is 0 Å². The van der Waals surface area contributed by atoms with E-state index < -0.39 is 0 Å². The van der Waals surface area contributed by atoms with Gasteiger partial charge in [-0.3, -0.25) is 4.93 Å². The Morgan fingerprint density at radius 2 is 1.78 bits per heavy atom. The summed E-state index contributed by atoms with van der Waals surface area (Å²) in [5.41, 5.74) is 0. The summed E-state index contributed by atoms with van der Waals surface area (Å²) < 4.78 is 0. The molecule has 1 N–H and O–H groups in total. The van der Waals surface area contributed by atoms with Crippen molar-refractivity contribution in [3.63, 3.8) is 0 Å². The van der Waals surface area contributed by atoms with Crippen molar-refractivity contribution < 1.29 is 24.6 Å². The zero-order valence-corrected chi connectivity index (χ0v) is 11.2. The van der Waals surface area contributed by atoms with Gasteiger partial charge in [-0.15, -0.1) is 0 Å². The van der Waals surface area contributed by atoms with Crippen LogP contribution in [0.25, 0.3) is 0 Å². The number of halogens is 1. The Morgan fingerprint density at radius 3 is 1.89 bits per heavy atom. The van der Waals surface area contributed by atoms with Crippen LogP contribution in [0.5, 0.6) is 0 Å². The first-order valence-corrected chi connectivity index (χ1v) is 4.32. The second-order valence-electron chi connectivity index (χ2n) is 1.43. The van der Waals surface area contributed by atoms with Gasteiger partial charge in [0, 0.05) is 26.1 Å². The minimum absolute atomic E-state index is 0. The molecule has 0 fully saturated rings. The molecule has 0 heterocycles. The maximum Gasteiger partial charge on any atom is 0.0431 e. The molecule has 0 saturated heterocycles. The number of rotatable bonds is 3. The third kappa shape index (κ3) is 26.8. The standard InChI is InChI=1S/C5H12O.CH2I.Zn/c1-2-3-4-5-6;1-2;/h6H,2-5H2,1H3;1H2;/q;-1;. The summed E-state index contributed by atoms with van der Waals surface area (Å²) in [6.07, 6.45) is 3.33. The molecule has 0 aliphatic rings. The molecule has 0 atom stereocenters. The van der Waals surface area contributed by atoms with E-state index in [1.807, 2.05) is 22.6 Å². The van der Waals surface area contributed by atoms with E-state index in [2.05, 4.69) is 11.9 Å². The Labute approximate surface area is 84.5 Å². The first-order chi connectivity index (χ1) is 3.91. The molecule has 0 aromatic rings. The van der Waals surface area contributed by atoms with Crippen molar-refractivity contribution >= 4 is 22.6 Å². The minimum Gasteiger partial charge on any atom is -0.396 e. The second kappa shape index (κ2) is 22.8. The van der Waals surface area contributed by atoms with Crippen LogP contribution in [0.1, 0.15) is 26.2 Å². The van der Waals surface area contributed by atoms with Crippen LogP contribution in [-0.4, -0.2) is 11.7 Å². The van der Waals surface area contributed by atoms with Gasteiger partial charge in [0.25, 0.3) is 0 Å². The molecule has 0 aliphatic carbocycles. The first-order valence-electron chi connectivity index (χ1n) is 2.79. The fourth-order valence-corrected chi connectivity index (χ4v) is 0.362. The van der Waals surface area contributed by atoms with Crippen molar-refractivity contribution in [2.24, 2.45) is 0 Å². The average molecular weight is 294 g/mol. The second-order valence-corrected chi connectivity index (χ2v) is 1.43. The van der Waals surface area contributed by atoms with Gasteiger partial charge in [-0.2, -0.15) is 0 Å². The van der Waals surface area contributed by atoms with Gasteiger partial charge in [0.05, 0.1) is 0 Å². The number of aliphatic hydroxyl groups excluding tert-OH is 1. The molecular weight excluding hydrogens is 280 g/mol. The SMILES string of the molecule is CCCCCO.[CH2-]I.[Zn]. The fraction of sp³-hybridized carbons (Fsp3) is 0.833. The van der Waals surface area contributed by atoms with Gasteiger partial charge < -0.3 is 27.7 Å². The predicted molar refractivity (Wildman–Crippen MR) is 46.0 cm³/mol. The van der Waals surface area contributed by atoms with Crippen LogP contribution in [0.2, 0.25) is 0 Å². The summed E-state index contributed by atoms with van der Waals surface area (Å²) in [5, 5.41) is 8.20. The van der Waals surface area contributed by atoms with Gasteiger partial charge in [-0.1, -0.05) is 19.8 Å². The van der Waals surface area contributed by atoms with E-state index in [9.17, 15) is 0 Å². The van der Waals surface area contributed by atoms with Crippen LogP contribution < -0.4 is 0 Å². The summed E-state index contributed by atoms with van der Waals surface area (Å²) in [5.74, 6) is 0. The quantitative estimate of drug-likeness (QED) is 0.367. The summed E-state index contributed by atoms with van der Waals surface area (Å²) in [6, 6.07) is 0. The Bertz CT molecular complexity index is 25.0. The summed E-state index contributed by atoms with van der Waals surface area (Å²) in [7, 11) is 0. The van der Waals surface area contributed by atoms with E-state index in [-0.39, 0.29) is 19.5 Å². The van der Waals surface area contributed by atoms with Crippen LogP contribution in [0, 0.1) is 4.93 Å². The van der Waals surface area contributed by atoms with Crippen LogP contribution >= 0.6 is 22.6 Å². The molecule has 0 rings (SSSR count). The molecule has 0 aromatic heterocycles. The van der Waals surface area contributed by atoms with Crippen molar-refractivity contribution in [1.29, 1.82) is 0 Å². The average Bonchev–Trinajstić information content (AvgIpc) is 1.88. The van der Waals surface area contributed by atoms with Crippen LogP contribution in [0.15, 0.2) is 0 Å². The van der Waals surface area contributed by atoms with E-state index >= 15 is 0 Å². The molecule has 0 saturated carbocycles. The molecule has 3 heteroatoms. The van der Waals surface area contributed by atoms with Gasteiger partial charge in [-0.05, 0) is 6.42 Å². The zero-order valence-electron chi connectivity index (χ0n) is 6.07. The summed E-state index contributed by atoms with van der Waals surface area (Å²) >= 11 is 1.90. The van der Waals surface area contributed by atoms with E-state index in [1.54, 1.807) is 0 Å². The minimum atomic E-state index is 0. The summed E-state index contributed by atoms with van der Waals surface area (Å²) in [6.45, 7) is 2.48. The van der Waals surface area contributed by atoms with Gasteiger partial charge in [0.1, 0.15) is 0 Å². The molecule has 1 nitrogen and oxygen atoms in total. The molecule has 0 aliphatic heterocycles. The Hall–Kier alpha value is 1.31. The van der Waals surface area contributed by atoms with Crippen LogP contribution in [-0.2, 0) is 19.5 Å². The largest absolute Gasteiger partial charge is 0.396 e. The Morgan fingerprint density at radius 1 is 1.33 bits per heavy atom. The van der Waals surface area contributed by atoms with Crippen molar-refractivity contribution in [3.05, 3.63) is 4.93 Å². The maximum atomic E-state index is 8.20. The van der Waals surface area contributed by atoms with Gasteiger partial charge in [0.15, 0.2) is 0 Å². The number of hydrogen-bond donors (Lipinski definition) is 1. The Balaban J connectivity index is -0.000000109. The topological polar surface area (TPSA) is 20.2 Å². The van der Waals surface area contributed by atoms with E-state index in [0.29, 0.717) is 6.61 Å².